The van der Waals surface area contributed by atoms with E-state index < -0.39 is 0 Å². The topological polar surface area (TPSA) is 54.5 Å². The van der Waals surface area contributed by atoms with Crippen LogP contribution in [0.25, 0.3) is 0 Å². The number of amides is 1. The van der Waals surface area contributed by atoms with E-state index in [1.54, 1.807) is 18.9 Å². The quantitative estimate of drug-likeness (QED) is 0.794. The molecule has 0 aliphatic heterocycles. The highest BCUT2D eigenvalue weighted by atomic mass is 32.1. The first-order valence-electron chi connectivity index (χ1n) is 6.57. The van der Waals surface area contributed by atoms with E-state index >= 15 is 0 Å². The number of carbonyl (C=O) groups excluding carboxylic acids is 1. The van der Waals surface area contributed by atoms with Gasteiger partial charge in [0.2, 0.25) is 5.91 Å². The molecule has 0 bridgehead atoms. The van der Waals surface area contributed by atoms with Gasteiger partial charge in [-0.05, 0) is 13.3 Å². The summed E-state index contributed by atoms with van der Waals surface area (Å²) in [5.41, 5.74) is 0.967. The average Bonchev–Trinajstić information content (AvgIpc) is 2.83. The van der Waals surface area contributed by atoms with E-state index in [1.165, 1.54) is 11.3 Å². The van der Waals surface area contributed by atoms with Crippen LogP contribution in [0.2, 0.25) is 0 Å². The van der Waals surface area contributed by atoms with Crippen LogP contribution < -0.4 is 10.2 Å². The summed E-state index contributed by atoms with van der Waals surface area (Å²) in [4.78, 5) is 17.6. The van der Waals surface area contributed by atoms with Crippen molar-refractivity contribution in [3.05, 3.63) is 11.1 Å². The van der Waals surface area contributed by atoms with Crippen LogP contribution in [-0.4, -0.2) is 37.2 Å². The molecule has 1 aromatic rings. The summed E-state index contributed by atoms with van der Waals surface area (Å²) < 4.78 is 5.14. The lowest BCUT2D eigenvalue weighted by Crippen LogP contribution is -2.32. The highest BCUT2D eigenvalue weighted by Gasteiger charge is 2.13. The number of rotatable bonds is 8. The molecule has 5 nitrogen and oxygen atoms in total. The standard InChI is InChI=1S/C13H23N3O2S/c1-5-11(8-18-4)14-7-12-9-19-13(15-12)16(6-2)10(3)17/h9,11,14H,5-8H2,1-4H3. The van der Waals surface area contributed by atoms with E-state index in [4.69, 9.17) is 4.74 Å². The zero-order chi connectivity index (χ0) is 14.3. The van der Waals surface area contributed by atoms with Gasteiger partial charge < -0.3 is 10.1 Å². The molecule has 6 heteroatoms. The van der Waals surface area contributed by atoms with Crippen molar-refractivity contribution < 1.29 is 9.53 Å². The molecule has 1 atom stereocenters. The van der Waals surface area contributed by atoms with Gasteiger partial charge in [0.15, 0.2) is 5.13 Å². The van der Waals surface area contributed by atoms with Crippen LogP contribution in [0, 0.1) is 0 Å². The molecule has 1 unspecified atom stereocenters. The van der Waals surface area contributed by atoms with E-state index in [0.717, 1.165) is 17.2 Å². The molecule has 0 radical (unpaired) electrons. The fraction of sp³-hybridized carbons (Fsp3) is 0.692. The first kappa shape index (κ1) is 16.1. The maximum atomic E-state index is 11.4. The summed E-state index contributed by atoms with van der Waals surface area (Å²) >= 11 is 1.51. The van der Waals surface area contributed by atoms with Crippen molar-refractivity contribution in [2.75, 3.05) is 25.2 Å². The van der Waals surface area contributed by atoms with E-state index in [-0.39, 0.29) is 5.91 Å². The van der Waals surface area contributed by atoms with Gasteiger partial charge in [-0.2, -0.15) is 0 Å². The molecular weight excluding hydrogens is 262 g/mol. The molecule has 1 aromatic heterocycles. The number of aromatic nitrogens is 1. The number of thiazole rings is 1. The Balaban J connectivity index is 2.57. The van der Waals surface area contributed by atoms with Crippen molar-refractivity contribution in [1.29, 1.82) is 0 Å². The van der Waals surface area contributed by atoms with Crippen LogP contribution in [0.5, 0.6) is 0 Å². The van der Waals surface area contributed by atoms with Crippen molar-refractivity contribution in [2.45, 2.75) is 39.8 Å². The minimum atomic E-state index is 0.0298. The predicted octanol–water partition coefficient (Wildman–Crippen LogP) is 2.03. The van der Waals surface area contributed by atoms with Gasteiger partial charge in [-0.1, -0.05) is 6.92 Å². The Morgan fingerprint density at radius 1 is 1.58 bits per heavy atom. The Bertz CT molecular complexity index is 395. The Morgan fingerprint density at radius 2 is 2.32 bits per heavy atom. The molecule has 0 aliphatic rings. The molecule has 1 N–H and O–H groups in total. The number of carbonyl (C=O) groups is 1. The molecule has 0 aliphatic carbocycles. The van der Waals surface area contributed by atoms with Crippen molar-refractivity contribution in [3.8, 4) is 0 Å². The Labute approximate surface area is 119 Å². The molecule has 1 rings (SSSR count). The number of nitrogens with zero attached hydrogens (tertiary/aromatic N) is 2. The minimum absolute atomic E-state index is 0.0298. The second-order valence-corrected chi connectivity index (χ2v) is 5.16. The van der Waals surface area contributed by atoms with Gasteiger partial charge in [-0.15, -0.1) is 11.3 Å². The number of nitrogens with one attached hydrogen (secondary N) is 1. The Morgan fingerprint density at radius 3 is 2.84 bits per heavy atom. The van der Waals surface area contributed by atoms with E-state index in [1.807, 2.05) is 12.3 Å². The molecule has 0 aromatic carbocycles. The second-order valence-electron chi connectivity index (χ2n) is 4.33. The van der Waals surface area contributed by atoms with Crippen LogP contribution >= 0.6 is 11.3 Å². The van der Waals surface area contributed by atoms with E-state index in [9.17, 15) is 4.79 Å². The van der Waals surface area contributed by atoms with Crippen LogP contribution in [0.4, 0.5) is 5.13 Å². The lowest BCUT2D eigenvalue weighted by atomic mass is 10.2. The fourth-order valence-electron chi connectivity index (χ4n) is 1.77. The van der Waals surface area contributed by atoms with Crippen LogP contribution in [-0.2, 0) is 16.1 Å². The third kappa shape index (κ3) is 4.89. The molecule has 19 heavy (non-hydrogen) atoms. The van der Waals surface area contributed by atoms with Gasteiger partial charge in [-0.3, -0.25) is 9.69 Å². The number of anilines is 1. The monoisotopic (exact) mass is 285 g/mol. The van der Waals surface area contributed by atoms with Gasteiger partial charge in [-0.25, -0.2) is 4.98 Å². The van der Waals surface area contributed by atoms with Gasteiger partial charge in [0, 0.05) is 38.5 Å². The van der Waals surface area contributed by atoms with Crippen molar-refractivity contribution in [1.82, 2.24) is 10.3 Å². The molecule has 1 heterocycles. The van der Waals surface area contributed by atoms with Crippen LogP contribution in [0.1, 0.15) is 32.9 Å². The summed E-state index contributed by atoms with van der Waals surface area (Å²) in [5.74, 6) is 0.0298. The summed E-state index contributed by atoms with van der Waals surface area (Å²) in [6.45, 7) is 7.69. The summed E-state index contributed by atoms with van der Waals surface area (Å²) in [7, 11) is 1.71. The number of ether oxygens (including phenoxy) is 1. The third-order valence-electron chi connectivity index (χ3n) is 2.90. The summed E-state index contributed by atoms with van der Waals surface area (Å²) in [6, 6.07) is 0.338. The lowest BCUT2D eigenvalue weighted by Gasteiger charge is -2.15. The maximum Gasteiger partial charge on any atom is 0.225 e. The minimum Gasteiger partial charge on any atom is -0.383 e. The van der Waals surface area contributed by atoms with E-state index in [2.05, 4.69) is 17.2 Å². The Kier molecular flexibility index (Phi) is 6.97. The predicted molar refractivity (Wildman–Crippen MR) is 78.6 cm³/mol. The number of hydrogen-bond acceptors (Lipinski definition) is 5. The third-order valence-corrected chi connectivity index (χ3v) is 3.81. The highest BCUT2D eigenvalue weighted by molar-refractivity contribution is 7.14. The smallest absolute Gasteiger partial charge is 0.225 e. The summed E-state index contributed by atoms with van der Waals surface area (Å²) in [6.07, 6.45) is 1.01. The SMILES string of the molecule is CCC(COC)NCc1csc(N(CC)C(C)=O)n1. The molecule has 0 saturated carbocycles. The molecular formula is C13H23N3O2S. The van der Waals surface area contributed by atoms with Crippen molar-refractivity contribution in [3.63, 3.8) is 0 Å². The van der Waals surface area contributed by atoms with Crippen LogP contribution in [0.15, 0.2) is 5.38 Å². The highest BCUT2D eigenvalue weighted by Crippen LogP contribution is 2.20. The Hall–Kier alpha value is -0.980. The average molecular weight is 285 g/mol. The van der Waals surface area contributed by atoms with Crippen LogP contribution in [0.3, 0.4) is 0 Å². The maximum absolute atomic E-state index is 11.4. The molecule has 108 valence electrons. The first-order chi connectivity index (χ1) is 9.12. The van der Waals surface area contributed by atoms with E-state index in [0.29, 0.717) is 25.7 Å². The number of methoxy groups -OCH3 is 1. The zero-order valence-electron chi connectivity index (χ0n) is 12.1. The van der Waals surface area contributed by atoms with Crippen molar-refractivity contribution in [2.24, 2.45) is 0 Å². The van der Waals surface area contributed by atoms with Gasteiger partial charge in [0.1, 0.15) is 0 Å². The van der Waals surface area contributed by atoms with Gasteiger partial charge >= 0.3 is 0 Å². The fourth-order valence-corrected chi connectivity index (χ4v) is 2.70. The molecule has 1 amide bonds. The van der Waals surface area contributed by atoms with Crippen molar-refractivity contribution >= 4 is 22.4 Å². The number of hydrogen-bond donors (Lipinski definition) is 1. The molecule has 0 fully saturated rings. The molecule has 0 saturated heterocycles. The largest absolute Gasteiger partial charge is 0.383 e. The normalized spacial score (nSPS) is 12.4. The first-order valence-corrected chi connectivity index (χ1v) is 7.45. The van der Waals surface area contributed by atoms with Gasteiger partial charge in [0.05, 0.1) is 12.3 Å². The van der Waals surface area contributed by atoms with Gasteiger partial charge in [0.25, 0.3) is 0 Å². The zero-order valence-corrected chi connectivity index (χ0v) is 12.9. The molecule has 0 spiro atoms. The summed E-state index contributed by atoms with van der Waals surface area (Å²) in [5, 5.41) is 6.17. The second kappa shape index (κ2) is 8.24. The lowest BCUT2D eigenvalue weighted by molar-refractivity contribution is -0.116.